The molecule has 1 aromatic heterocycles. The molecule has 1 aromatic carbocycles. The molecule has 0 saturated carbocycles. The number of hydrogen-bond acceptors (Lipinski definition) is 5. The fraction of sp³-hybridized carbons (Fsp3) is 0.375. The zero-order valence-electron chi connectivity index (χ0n) is 13.8. The molecule has 0 saturated heterocycles. The zero-order chi connectivity index (χ0) is 17.3. The van der Waals surface area contributed by atoms with Gasteiger partial charge in [-0.2, -0.15) is 4.68 Å². The summed E-state index contributed by atoms with van der Waals surface area (Å²) in [6, 6.07) is 7.01. The SMILES string of the molecule is CCN(CC)C(=O)C1=C(C)Nc2nnnn2C1c1ccc(Cl)cc1. The van der Waals surface area contributed by atoms with E-state index >= 15 is 0 Å². The molecular weight excluding hydrogens is 328 g/mol. The van der Waals surface area contributed by atoms with Crippen molar-refractivity contribution in [2.75, 3.05) is 18.4 Å². The first-order valence-corrected chi connectivity index (χ1v) is 8.25. The molecule has 0 bridgehead atoms. The quantitative estimate of drug-likeness (QED) is 0.920. The predicted molar refractivity (Wildman–Crippen MR) is 91.7 cm³/mol. The number of aromatic nitrogens is 4. The number of benzene rings is 1. The Balaban J connectivity index is 2.13. The molecule has 2 aromatic rings. The van der Waals surface area contributed by atoms with E-state index in [1.54, 1.807) is 21.7 Å². The number of carbonyl (C=O) groups excluding carboxylic acids is 1. The number of nitrogens with one attached hydrogen (secondary N) is 1. The Labute approximate surface area is 145 Å². The van der Waals surface area contributed by atoms with Gasteiger partial charge in [0.2, 0.25) is 5.95 Å². The fourth-order valence-electron chi connectivity index (χ4n) is 2.92. The van der Waals surface area contributed by atoms with Crippen molar-refractivity contribution in [2.24, 2.45) is 0 Å². The van der Waals surface area contributed by atoms with Gasteiger partial charge in [-0.05, 0) is 48.9 Å². The standard InChI is InChI=1S/C16H19ClN6O/c1-4-22(5-2)15(24)13-10(3)18-16-19-20-21-23(16)14(13)11-6-8-12(17)9-7-11/h6-9,14H,4-5H2,1-3H3,(H,18,19,21). The maximum absolute atomic E-state index is 13.1. The van der Waals surface area contributed by atoms with Gasteiger partial charge in [0, 0.05) is 23.8 Å². The van der Waals surface area contributed by atoms with Gasteiger partial charge in [0.05, 0.1) is 5.57 Å². The van der Waals surface area contributed by atoms with E-state index in [1.807, 2.05) is 32.9 Å². The minimum absolute atomic E-state index is 0.0221. The molecular formula is C16H19ClN6O. The monoisotopic (exact) mass is 346 g/mol. The molecule has 1 N–H and O–H groups in total. The van der Waals surface area contributed by atoms with E-state index in [-0.39, 0.29) is 11.9 Å². The van der Waals surface area contributed by atoms with E-state index in [0.717, 1.165) is 11.3 Å². The molecule has 1 unspecified atom stereocenters. The molecule has 1 aliphatic rings. The summed E-state index contributed by atoms with van der Waals surface area (Å²) in [5, 5.41) is 15.5. The molecule has 7 nitrogen and oxygen atoms in total. The van der Waals surface area contributed by atoms with Crippen LogP contribution in [0.3, 0.4) is 0 Å². The molecule has 1 atom stereocenters. The van der Waals surface area contributed by atoms with E-state index in [9.17, 15) is 4.79 Å². The van der Waals surface area contributed by atoms with Crippen LogP contribution in [0.4, 0.5) is 5.95 Å². The van der Waals surface area contributed by atoms with E-state index < -0.39 is 0 Å². The minimum Gasteiger partial charge on any atom is -0.339 e. The smallest absolute Gasteiger partial charge is 0.254 e. The highest BCUT2D eigenvalue weighted by Crippen LogP contribution is 2.35. The molecule has 0 spiro atoms. The van der Waals surface area contributed by atoms with Crippen molar-refractivity contribution in [3.8, 4) is 0 Å². The average molecular weight is 347 g/mol. The second-order valence-corrected chi connectivity index (χ2v) is 5.98. The van der Waals surface area contributed by atoms with Crippen molar-refractivity contribution >= 4 is 23.5 Å². The van der Waals surface area contributed by atoms with Crippen molar-refractivity contribution in [1.29, 1.82) is 0 Å². The number of tetrazole rings is 1. The van der Waals surface area contributed by atoms with Gasteiger partial charge in [-0.25, -0.2) is 0 Å². The van der Waals surface area contributed by atoms with Gasteiger partial charge in [0.25, 0.3) is 5.91 Å². The van der Waals surface area contributed by atoms with Gasteiger partial charge < -0.3 is 10.2 Å². The number of fused-ring (bicyclic) bond motifs is 1. The Hall–Kier alpha value is -2.41. The van der Waals surface area contributed by atoms with Crippen LogP contribution in [0.25, 0.3) is 0 Å². The first kappa shape index (κ1) is 16.4. The minimum atomic E-state index is -0.387. The number of carbonyl (C=O) groups is 1. The maximum Gasteiger partial charge on any atom is 0.254 e. The Morgan fingerprint density at radius 2 is 1.96 bits per heavy atom. The third-order valence-corrected chi connectivity index (χ3v) is 4.43. The van der Waals surface area contributed by atoms with Crippen molar-refractivity contribution in [2.45, 2.75) is 26.8 Å². The summed E-state index contributed by atoms with van der Waals surface area (Å²) in [5.74, 6) is 0.495. The van der Waals surface area contributed by atoms with Crippen molar-refractivity contribution in [1.82, 2.24) is 25.1 Å². The number of likely N-dealkylation sites (N-methyl/N-ethyl adjacent to an activating group) is 1. The van der Waals surface area contributed by atoms with Gasteiger partial charge in [-0.1, -0.05) is 28.8 Å². The number of nitrogens with zero attached hydrogens (tertiary/aromatic N) is 5. The first-order chi connectivity index (χ1) is 11.6. The molecule has 2 heterocycles. The van der Waals surface area contributed by atoms with Gasteiger partial charge in [-0.3, -0.25) is 4.79 Å². The third-order valence-electron chi connectivity index (χ3n) is 4.18. The molecule has 126 valence electrons. The average Bonchev–Trinajstić information content (AvgIpc) is 3.03. The summed E-state index contributed by atoms with van der Waals surface area (Å²) < 4.78 is 1.63. The highest BCUT2D eigenvalue weighted by Gasteiger charge is 2.35. The number of rotatable bonds is 4. The molecule has 24 heavy (non-hydrogen) atoms. The lowest BCUT2D eigenvalue weighted by Crippen LogP contribution is -2.38. The lowest BCUT2D eigenvalue weighted by atomic mass is 9.94. The van der Waals surface area contributed by atoms with Crippen LogP contribution in [0.5, 0.6) is 0 Å². The van der Waals surface area contributed by atoms with E-state index in [1.165, 1.54) is 0 Å². The Morgan fingerprint density at radius 3 is 2.58 bits per heavy atom. The lowest BCUT2D eigenvalue weighted by Gasteiger charge is -2.31. The zero-order valence-corrected chi connectivity index (χ0v) is 14.6. The Kier molecular flexibility index (Phi) is 4.53. The van der Waals surface area contributed by atoms with Crippen LogP contribution in [-0.2, 0) is 4.79 Å². The topological polar surface area (TPSA) is 75.9 Å². The summed E-state index contributed by atoms with van der Waals surface area (Å²) in [7, 11) is 0. The highest BCUT2D eigenvalue weighted by molar-refractivity contribution is 6.30. The summed E-state index contributed by atoms with van der Waals surface area (Å²) in [6.45, 7) is 7.09. The normalized spacial score (nSPS) is 16.6. The van der Waals surface area contributed by atoms with Crippen molar-refractivity contribution in [3.63, 3.8) is 0 Å². The van der Waals surface area contributed by atoms with Crippen LogP contribution in [0, 0.1) is 0 Å². The summed E-state index contributed by atoms with van der Waals surface area (Å²) in [5.41, 5.74) is 2.30. The largest absolute Gasteiger partial charge is 0.339 e. The molecule has 1 amide bonds. The van der Waals surface area contributed by atoms with Gasteiger partial charge >= 0.3 is 0 Å². The van der Waals surface area contributed by atoms with Crippen molar-refractivity contribution in [3.05, 3.63) is 46.1 Å². The number of hydrogen-bond donors (Lipinski definition) is 1. The van der Waals surface area contributed by atoms with Crippen LogP contribution in [0.2, 0.25) is 5.02 Å². The van der Waals surface area contributed by atoms with E-state index in [4.69, 9.17) is 11.6 Å². The van der Waals surface area contributed by atoms with E-state index in [2.05, 4.69) is 20.8 Å². The predicted octanol–water partition coefficient (Wildman–Crippen LogP) is 2.48. The van der Waals surface area contributed by atoms with E-state index in [0.29, 0.717) is 29.6 Å². The Bertz CT molecular complexity index is 778. The second-order valence-electron chi connectivity index (χ2n) is 5.54. The van der Waals surface area contributed by atoms with Crippen LogP contribution in [0.15, 0.2) is 35.5 Å². The molecule has 3 rings (SSSR count). The lowest BCUT2D eigenvalue weighted by molar-refractivity contribution is -0.127. The molecule has 8 heteroatoms. The van der Waals surface area contributed by atoms with Crippen LogP contribution >= 0.6 is 11.6 Å². The van der Waals surface area contributed by atoms with Gasteiger partial charge in [-0.15, -0.1) is 0 Å². The fourth-order valence-corrected chi connectivity index (χ4v) is 3.05. The molecule has 0 radical (unpaired) electrons. The number of amides is 1. The first-order valence-electron chi connectivity index (χ1n) is 7.87. The number of halogens is 1. The Morgan fingerprint density at radius 1 is 1.29 bits per heavy atom. The second kappa shape index (κ2) is 6.60. The van der Waals surface area contributed by atoms with Crippen LogP contribution in [-0.4, -0.2) is 44.1 Å². The summed E-state index contributed by atoms with van der Waals surface area (Å²) >= 11 is 6.01. The van der Waals surface area contributed by atoms with Gasteiger partial charge in [0.1, 0.15) is 6.04 Å². The van der Waals surface area contributed by atoms with Gasteiger partial charge in [0.15, 0.2) is 0 Å². The third kappa shape index (κ3) is 2.75. The molecule has 0 fully saturated rings. The highest BCUT2D eigenvalue weighted by atomic mass is 35.5. The van der Waals surface area contributed by atoms with Crippen molar-refractivity contribution < 1.29 is 4.79 Å². The summed E-state index contributed by atoms with van der Waals surface area (Å²) in [4.78, 5) is 14.9. The van der Waals surface area contributed by atoms with Crippen LogP contribution < -0.4 is 5.32 Å². The summed E-state index contributed by atoms with van der Waals surface area (Å²) in [6.07, 6.45) is 0. The molecule has 0 aliphatic carbocycles. The number of anilines is 1. The maximum atomic E-state index is 13.1. The van der Waals surface area contributed by atoms with Crippen LogP contribution in [0.1, 0.15) is 32.4 Å². The molecule has 1 aliphatic heterocycles. The number of allylic oxidation sites excluding steroid dienone is 1.